The second-order valence-electron chi connectivity index (χ2n) is 5.29. The second kappa shape index (κ2) is 5.50. The molecule has 0 radical (unpaired) electrons. The number of rotatable bonds is 3. The minimum absolute atomic E-state index is 0.0105. The number of thioether (sulfide) groups is 1. The zero-order valence-corrected chi connectivity index (χ0v) is 12.8. The highest BCUT2D eigenvalue weighted by atomic mass is 32.2. The van der Waals surface area contributed by atoms with E-state index in [0.29, 0.717) is 6.42 Å². The Labute approximate surface area is 132 Å². The Morgan fingerprint density at radius 2 is 2.09 bits per heavy atom. The SMILES string of the molecule is O=C(CC1=CSC2=NCCN12)Nc1cccc2ccccc12. The van der Waals surface area contributed by atoms with E-state index in [1.807, 2.05) is 47.9 Å². The van der Waals surface area contributed by atoms with E-state index in [4.69, 9.17) is 0 Å². The normalized spacial score (nSPS) is 16.5. The van der Waals surface area contributed by atoms with Crippen LogP contribution in [-0.4, -0.2) is 29.1 Å². The van der Waals surface area contributed by atoms with Crippen LogP contribution in [0, 0.1) is 0 Å². The molecule has 0 aliphatic carbocycles. The molecule has 0 saturated heterocycles. The first-order valence-electron chi connectivity index (χ1n) is 7.26. The lowest BCUT2D eigenvalue weighted by molar-refractivity contribution is -0.115. The molecule has 0 fully saturated rings. The van der Waals surface area contributed by atoms with Crippen LogP contribution in [0.5, 0.6) is 0 Å². The fourth-order valence-electron chi connectivity index (χ4n) is 2.81. The maximum absolute atomic E-state index is 12.4. The van der Waals surface area contributed by atoms with Gasteiger partial charge in [0.1, 0.15) is 0 Å². The van der Waals surface area contributed by atoms with Gasteiger partial charge < -0.3 is 10.2 Å². The number of nitrogens with zero attached hydrogens (tertiary/aromatic N) is 2. The van der Waals surface area contributed by atoms with Crippen molar-refractivity contribution in [2.45, 2.75) is 6.42 Å². The third-order valence-corrected chi connectivity index (χ3v) is 4.80. The Morgan fingerprint density at radius 3 is 3.05 bits per heavy atom. The quantitative estimate of drug-likeness (QED) is 0.945. The van der Waals surface area contributed by atoms with Crippen LogP contribution in [0.2, 0.25) is 0 Å². The third kappa shape index (κ3) is 2.37. The van der Waals surface area contributed by atoms with Crippen molar-refractivity contribution < 1.29 is 4.79 Å². The van der Waals surface area contributed by atoms with Gasteiger partial charge in [0.05, 0.1) is 13.0 Å². The minimum atomic E-state index is 0.0105. The average Bonchev–Trinajstić information content (AvgIpc) is 3.13. The predicted octanol–water partition coefficient (Wildman–Crippen LogP) is 3.43. The van der Waals surface area contributed by atoms with E-state index in [1.54, 1.807) is 11.8 Å². The second-order valence-corrected chi connectivity index (χ2v) is 6.13. The molecule has 1 N–H and O–H groups in total. The molecule has 4 rings (SSSR count). The van der Waals surface area contributed by atoms with Gasteiger partial charge in [-0.2, -0.15) is 0 Å². The Kier molecular flexibility index (Phi) is 3.35. The highest BCUT2D eigenvalue weighted by Gasteiger charge is 2.27. The summed E-state index contributed by atoms with van der Waals surface area (Å²) >= 11 is 1.61. The maximum atomic E-state index is 12.4. The highest BCUT2D eigenvalue weighted by molar-refractivity contribution is 8.16. The number of amidine groups is 1. The van der Waals surface area contributed by atoms with E-state index in [0.717, 1.165) is 40.4 Å². The zero-order chi connectivity index (χ0) is 14.9. The summed E-state index contributed by atoms with van der Waals surface area (Å²) in [6, 6.07) is 14.0. The molecule has 0 saturated carbocycles. The van der Waals surface area contributed by atoms with Gasteiger partial charge in [-0.05, 0) is 16.9 Å². The molecule has 22 heavy (non-hydrogen) atoms. The van der Waals surface area contributed by atoms with E-state index in [2.05, 4.69) is 15.2 Å². The lowest BCUT2D eigenvalue weighted by Crippen LogP contribution is -2.24. The van der Waals surface area contributed by atoms with Crippen molar-refractivity contribution in [2.75, 3.05) is 18.4 Å². The molecule has 2 aliphatic heterocycles. The van der Waals surface area contributed by atoms with Crippen LogP contribution in [0.3, 0.4) is 0 Å². The molecule has 1 amide bonds. The number of fused-ring (bicyclic) bond motifs is 2. The van der Waals surface area contributed by atoms with Crippen molar-refractivity contribution in [1.29, 1.82) is 0 Å². The summed E-state index contributed by atoms with van der Waals surface area (Å²) in [5.74, 6) is 0.0105. The summed E-state index contributed by atoms with van der Waals surface area (Å²) in [5.41, 5.74) is 1.91. The largest absolute Gasteiger partial charge is 0.325 e. The van der Waals surface area contributed by atoms with Gasteiger partial charge in [0.25, 0.3) is 0 Å². The molecule has 2 heterocycles. The molecule has 0 bridgehead atoms. The van der Waals surface area contributed by atoms with Crippen molar-refractivity contribution in [1.82, 2.24) is 4.90 Å². The molecule has 2 aromatic carbocycles. The number of carbonyl (C=O) groups excluding carboxylic acids is 1. The number of anilines is 1. The number of hydrogen-bond donors (Lipinski definition) is 1. The first kappa shape index (κ1) is 13.4. The van der Waals surface area contributed by atoms with Crippen LogP contribution in [0.25, 0.3) is 10.8 Å². The first-order chi connectivity index (χ1) is 10.8. The lowest BCUT2D eigenvalue weighted by Gasteiger charge is -2.16. The molecule has 0 aromatic heterocycles. The average molecular weight is 309 g/mol. The molecule has 0 atom stereocenters. The van der Waals surface area contributed by atoms with Gasteiger partial charge in [0, 0.05) is 23.3 Å². The lowest BCUT2D eigenvalue weighted by atomic mass is 10.1. The standard InChI is InChI=1S/C17H15N3OS/c21-16(10-13-11-22-17-18-8-9-20(13)17)19-15-7-3-5-12-4-1-2-6-14(12)15/h1-7,11H,8-10H2,(H,19,21). The Bertz CT molecular complexity index is 807. The highest BCUT2D eigenvalue weighted by Crippen LogP contribution is 2.31. The van der Waals surface area contributed by atoms with Gasteiger partial charge in [-0.3, -0.25) is 9.79 Å². The number of hydrogen-bond acceptors (Lipinski definition) is 4. The summed E-state index contributed by atoms with van der Waals surface area (Å²) in [6.07, 6.45) is 0.384. The summed E-state index contributed by atoms with van der Waals surface area (Å²) in [4.78, 5) is 18.9. The molecule has 2 aromatic rings. The van der Waals surface area contributed by atoms with Crippen LogP contribution in [0.15, 0.2) is 58.6 Å². The Balaban J connectivity index is 1.51. The number of amides is 1. The number of carbonyl (C=O) groups is 1. The topological polar surface area (TPSA) is 44.7 Å². The molecular weight excluding hydrogens is 294 g/mol. The van der Waals surface area contributed by atoms with Crippen LogP contribution in [-0.2, 0) is 4.79 Å². The fourth-order valence-corrected chi connectivity index (χ4v) is 3.76. The smallest absolute Gasteiger partial charge is 0.230 e. The summed E-state index contributed by atoms with van der Waals surface area (Å²) in [6.45, 7) is 1.71. The van der Waals surface area contributed by atoms with Crippen LogP contribution in [0.4, 0.5) is 5.69 Å². The molecule has 0 spiro atoms. The molecule has 4 nitrogen and oxygen atoms in total. The number of nitrogens with one attached hydrogen (secondary N) is 1. The Hall–Kier alpha value is -2.27. The van der Waals surface area contributed by atoms with Gasteiger partial charge in [0.15, 0.2) is 5.17 Å². The van der Waals surface area contributed by atoms with Crippen molar-refractivity contribution in [3.05, 3.63) is 53.6 Å². The van der Waals surface area contributed by atoms with Crippen molar-refractivity contribution in [2.24, 2.45) is 4.99 Å². The van der Waals surface area contributed by atoms with E-state index >= 15 is 0 Å². The molecule has 110 valence electrons. The summed E-state index contributed by atoms with van der Waals surface area (Å²) in [7, 11) is 0. The molecule has 5 heteroatoms. The molecular formula is C17H15N3OS. The Morgan fingerprint density at radius 1 is 1.23 bits per heavy atom. The zero-order valence-electron chi connectivity index (χ0n) is 12.0. The van der Waals surface area contributed by atoms with Crippen molar-refractivity contribution >= 4 is 39.3 Å². The van der Waals surface area contributed by atoms with Gasteiger partial charge >= 0.3 is 0 Å². The van der Waals surface area contributed by atoms with E-state index in [9.17, 15) is 4.79 Å². The van der Waals surface area contributed by atoms with Crippen LogP contribution in [0.1, 0.15) is 6.42 Å². The van der Waals surface area contributed by atoms with Crippen LogP contribution >= 0.6 is 11.8 Å². The molecule has 2 aliphatic rings. The fraction of sp³-hybridized carbons (Fsp3) is 0.176. The minimum Gasteiger partial charge on any atom is -0.325 e. The van der Waals surface area contributed by atoms with Crippen molar-refractivity contribution in [3.8, 4) is 0 Å². The van der Waals surface area contributed by atoms with E-state index in [-0.39, 0.29) is 5.91 Å². The monoisotopic (exact) mass is 309 g/mol. The van der Waals surface area contributed by atoms with Gasteiger partial charge in [-0.25, -0.2) is 0 Å². The number of benzene rings is 2. The van der Waals surface area contributed by atoms with Gasteiger partial charge in [0.2, 0.25) is 5.91 Å². The third-order valence-electron chi connectivity index (χ3n) is 3.85. The van der Waals surface area contributed by atoms with Crippen LogP contribution < -0.4 is 5.32 Å². The number of aliphatic imine (C=N–C) groups is 1. The molecule has 0 unspecified atom stereocenters. The van der Waals surface area contributed by atoms with Crippen molar-refractivity contribution in [3.63, 3.8) is 0 Å². The predicted molar refractivity (Wildman–Crippen MR) is 91.9 cm³/mol. The van der Waals surface area contributed by atoms with Gasteiger partial charge in [-0.1, -0.05) is 48.2 Å². The summed E-state index contributed by atoms with van der Waals surface area (Å²) < 4.78 is 0. The maximum Gasteiger partial charge on any atom is 0.230 e. The van der Waals surface area contributed by atoms with E-state index in [1.165, 1.54) is 0 Å². The van der Waals surface area contributed by atoms with E-state index < -0.39 is 0 Å². The first-order valence-corrected chi connectivity index (χ1v) is 8.14. The summed E-state index contributed by atoms with van der Waals surface area (Å²) in [5, 5.41) is 8.28. The van der Waals surface area contributed by atoms with Gasteiger partial charge in [-0.15, -0.1) is 0 Å².